The van der Waals surface area contributed by atoms with Gasteiger partial charge in [-0.3, -0.25) is 14.4 Å². The standard InChI is InChI=1S/C32H40ClN3O5S/c1-6-18(3)23(17-37)36-27(29(39)35-26-19(4)9-8-10-22(26)33)32-16-15-31(5,42-32)24(25(32)30(36)40)28(38)34-20-11-13-21(14-12-20)41-7-2/h8-14,18,23-25,27,37H,6-7,15-17H2,1-5H3,(H,34,38)(H,35,39)/t18-,23-,24+,25-,27?,31-,32?/m0/s1. The summed E-state index contributed by atoms with van der Waals surface area (Å²) in [7, 11) is 0. The third kappa shape index (κ3) is 4.97. The van der Waals surface area contributed by atoms with E-state index in [-0.39, 0.29) is 30.2 Å². The summed E-state index contributed by atoms with van der Waals surface area (Å²) in [4.78, 5) is 44.4. The van der Waals surface area contributed by atoms with Crippen molar-refractivity contribution >= 4 is 52.5 Å². The quantitative estimate of drug-likeness (QED) is 0.326. The summed E-state index contributed by atoms with van der Waals surface area (Å²) in [6.45, 7) is 10.1. The van der Waals surface area contributed by atoms with Crippen LogP contribution in [0.4, 0.5) is 11.4 Å². The molecule has 7 atom stereocenters. The van der Waals surface area contributed by atoms with Gasteiger partial charge in [-0.15, -0.1) is 11.8 Å². The molecule has 226 valence electrons. The molecule has 3 heterocycles. The lowest BCUT2D eigenvalue weighted by atomic mass is 9.66. The minimum absolute atomic E-state index is 0.0551. The minimum atomic E-state index is -0.869. The third-order valence-electron chi connectivity index (χ3n) is 9.49. The molecule has 2 unspecified atom stereocenters. The molecule has 0 saturated carbocycles. The second-order valence-electron chi connectivity index (χ2n) is 12.0. The lowest BCUT2D eigenvalue weighted by molar-refractivity contribution is -0.142. The van der Waals surface area contributed by atoms with Gasteiger partial charge in [0.1, 0.15) is 11.8 Å². The van der Waals surface area contributed by atoms with Crippen LogP contribution in [0.1, 0.15) is 52.5 Å². The van der Waals surface area contributed by atoms with E-state index in [9.17, 15) is 19.5 Å². The highest BCUT2D eigenvalue weighted by molar-refractivity contribution is 8.02. The minimum Gasteiger partial charge on any atom is -0.494 e. The van der Waals surface area contributed by atoms with E-state index in [0.29, 0.717) is 41.6 Å². The van der Waals surface area contributed by atoms with Gasteiger partial charge in [-0.25, -0.2) is 0 Å². The van der Waals surface area contributed by atoms with Crippen LogP contribution in [0.15, 0.2) is 42.5 Å². The van der Waals surface area contributed by atoms with Crippen molar-refractivity contribution in [2.24, 2.45) is 17.8 Å². The maximum absolute atomic E-state index is 14.5. The topological polar surface area (TPSA) is 108 Å². The Hall–Kier alpha value is -2.75. The number of likely N-dealkylation sites (tertiary alicyclic amines) is 1. The molecule has 42 heavy (non-hydrogen) atoms. The zero-order chi connectivity index (χ0) is 30.4. The number of benzene rings is 2. The predicted octanol–water partition coefficient (Wildman–Crippen LogP) is 5.51. The third-order valence-corrected chi connectivity index (χ3v) is 11.8. The molecule has 1 spiro atoms. The number of hydrogen-bond donors (Lipinski definition) is 3. The molecule has 3 fully saturated rings. The highest BCUT2D eigenvalue weighted by atomic mass is 35.5. The summed E-state index contributed by atoms with van der Waals surface area (Å²) in [5, 5.41) is 17.0. The molecule has 5 rings (SSSR count). The fourth-order valence-electron chi connectivity index (χ4n) is 7.24. The summed E-state index contributed by atoms with van der Waals surface area (Å²) in [6, 6.07) is 11.2. The van der Waals surface area contributed by atoms with Crippen LogP contribution in [0, 0.1) is 24.7 Å². The first kappa shape index (κ1) is 30.7. The van der Waals surface area contributed by atoms with Crippen molar-refractivity contribution in [2.75, 3.05) is 23.8 Å². The molecule has 2 aromatic carbocycles. The molecule has 3 amide bonds. The SMILES string of the molecule is CCOc1ccc(NC(=O)[C@H]2[C@H]3C(=O)N([C@@H](CO)[C@@H](C)CC)C(C(=O)Nc4c(C)cccc4Cl)C34CC[C@]2(C)S4)cc1. The Labute approximate surface area is 256 Å². The van der Waals surface area contributed by atoms with Crippen molar-refractivity contribution in [3.63, 3.8) is 0 Å². The van der Waals surface area contributed by atoms with Crippen molar-refractivity contribution in [3.8, 4) is 5.75 Å². The summed E-state index contributed by atoms with van der Waals surface area (Å²) in [5.74, 6) is -1.51. The fraction of sp³-hybridized carbons (Fsp3) is 0.531. The number of nitrogens with one attached hydrogen (secondary N) is 2. The van der Waals surface area contributed by atoms with E-state index in [1.165, 1.54) is 0 Å². The summed E-state index contributed by atoms with van der Waals surface area (Å²) in [5.41, 5.74) is 1.94. The van der Waals surface area contributed by atoms with Crippen LogP contribution < -0.4 is 15.4 Å². The van der Waals surface area contributed by atoms with E-state index in [1.54, 1.807) is 47.0 Å². The normalized spacial score (nSPS) is 29.3. The largest absolute Gasteiger partial charge is 0.494 e. The van der Waals surface area contributed by atoms with Crippen LogP contribution in [0.2, 0.25) is 5.02 Å². The number of fused-ring (bicyclic) bond motifs is 1. The van der Waals surface area contributed by atoms with E-state index in [0.717, 1.165) is 12.0 Å². The van der Waals surface area contributed by atoms with Crippen LogP contribution in [-0.2, 0) is 14.4 Å². The van der Waals surface area contributed by atoms with E-state index in [4.69, 9.17) is 16.3 Å². The monoisotopic (exact) mass is 613 g/mol. The fourth-order valence-corrected chi connectivity index (χ4v) is 9.85. The van der Waals surface area contributed by atoms with Gasteiger partial charge in [0.2, 0.25) is 17.7 Å². The smallest absolute Gasteiger partial charge is 0.248 e. The number of nitrogens with zero attached hydrogens (tertiary/aromatic N) is 1. The molecule has 0 radical (unpaired) electrons. The molecular weight excluding hydrogens is 574 g/mol. The van der Waals surface area contributed by atoms with E-state index >= 15 is 0 Å². The Balaban J connectivity index is 1.53. The van der Waals surface area contributed by atoms with Gasteiger partial charge in [0.25, 0.3) is 0 Å². The van der Waals surface area contributed by atoms with E-state index in [2.05, 4.69) is 10.6 Å². The number of carbonyl (C=O) groups is 3. The second kappa shape index (κ2) is 11.7. The summed E-state index contributed by atoms with van der Waals surface area (Å²) >= 11 is 8.09. The van der Waals surface area contributed by atoms with Gasteiger partial charge in [-0.2, -0.15) is 0 Å². The summed E-state index contributed by atoms with van der Waals surface area (Å²) < 4.78 is 4.19. The first-order valence-electron chi connectivity index (χ1n) is 14.7. The molecule has 8 nitrogen and oxygen atoms in total. The zero-order valence-corrected chi connectivity index (χ0v) is 26.3. The number of aliphatic hydroxyl groups excluding tert-OH is 1. The van der Waals surface area contributed by atoms with Crippen molar-refractivity contribution in [1.82, 2.24) is 4.90 Å². The number of aryl methyl sites for hydroxylation is 1. The van der Waals surface area contributed by atoms with Gasteiger partial charge in [-0.1, -0.05) is 44.0 Å². The lowest BCUT2D eigenvalue weighted by Crippen LogP contribution is -2.56. The zero-order valence-electron chi connectivity index (χ0n) is 24.8. The van der Waals surface area contributed by atoms with Crippen molar-refractivity contribution in [3.05, 3.63) is 53.1 Å². The van der Waals surface area contributed by atoms with Crippen LogP contribution in [0.25, 0.3) is 0 Å². The predicted molar refractivity (Wildman–Crippen MR) is 167 cm³/mol. The molecule has 2 bridgehead atoms. The van der Waals surface area contributed by atoms with E-state index < -0.39 is 33.4 Å². The Bertz CT molecular complexity index is 1350. The van der Waals surface area contributed by atoms with Crippen molar-refractivity contribution < 1.29 is 24.2 Å². The number of amides is 3. The number of thioether (sulfide) groups is 1. The van der Waals surface area contributed by atoms with Crippen molar-refractivity contribution in [2.45, 2.75) is 75.5 Å². The molecule has 3 aliphatic rings. The number of halogens is 1. The van der Waals surface area contributed by atoms with Crippen molar-refractivity contribution in [1.29, 1.82) is 0 Å². The first-order chi connectivity index (χ1) is 20.0. The number of rotatable bonds is 10. The van der Waals surface area contributed by atoms with Gasteiger partial charge >= 0.3 is 0 Å². The highest BCUT2D eigenvalue weighted by Gasteiger charge is 2.77. The molecule has 10 heteroatoms. The Morgan fingerprint density at radius 3 is 2.48 bits per heavy atom. The number of ether oxygens (including phenoxy) is 1. The van der Waals surface area contributed by atoms with Gasteiger partial charge in [0.05, 0.1) is 46.5 Å². The van der Waals surface area contributed by atoms with Gasteiger partial charge in [0, 0.05) is 10.4 Å². The first-order valence-corrected chi connectivity index (χ1v) is 15.9. The molecule has 2 aromatic rings. The second-order valence-corrected chi connectivity index (χ2v) is 14.3. The van der Waals surface area contributed by atoms with Crippen LogP contribution >= 0.6 is 23.4 Å². The van der Waals surface area contributed by atoms with Gasteiger partial charge < -0.3 is 25.4 Å². The number of hydrogen-bond acceptors (Lipinski definition) is 6. The Morgan fingerprint density at radius 2 is 1.86 bits per heavy atom. The molecule has 3 aliphatic heterocycles. The van der Waals surface area contributed by atoms with Crippen LogP contribution in [0.5, 0.6) is 5.75 Å². The number of anilines is 2. The molecule has 3 N–H and O–H groups in total. The maximum Gasteiger partial charge on any atom is 0.248 e. The average molecular weight is 614 g/mol. The van der Waals surface area contributed by atoms with Gasteiger partial charge in [0.15, 0.2) is 0 Å². The molecule has 0 aliphatic carbocycles. The average Bonchev–Trinajstić information content (AvgIpc) is 3.53. The summed E-state index contributed by atoms with van der Waals surface area (Å²) in [6.07, 6.45) is 2.03. The lowest BCUT2D eigenvalue weighted by Gasteiger charge is -2.39. The Kier molecular flexibility index (Phi) is 8.58. The highest BCUT2D eigenvalue weighted by Crippen LogP contribution is 2.71. The number of carbonyl (C=O) groups excluding carboxylic acids is 3. The number of aliphatic hydroxyl groups is 1. The molecular formula is C32H40ClN3O5S. The Morgan fingerprint density at radius 1 is 1.14 bits per heavy atom. The number of para-hydroxylation sites is 1. The molecule has 0 aromatic heterocycles. The maximum atomic E-state index is 14.5. The van der Waals surface area contributed by atoms with Gasteiger partial charge in [-0.05, 0) is 75.4 Å². The molecule has 3 saturated heterocycles. The van der Waals surface area contributed by atoms with Crippen LogP contribution in [-0.4, -0.2) is 62.5 Å². The van der Waals surface area contributed by atoms with Crippen LogP contribution in [0.3, 0.4) is 0 Å². The van der Waals surface area contributed by atoms with E-state index in [1.807, 2.05) is 46.8 Å².